The van der Waals surface area contributed by atoms with Crippen molar-refractivity contribution in [1.29, 1.82) is 0 Å². The first-order valence-corrected chi connectivity index (χ1v) is 7.50. The second kappa shape index (κ2) is 6.72. The highest BCUT2D eigenvalue weighted by atomic mass is 32.1. The lowest BCUT2D eigenvalue weighted by molar-refractivity contribution is 0.301. The quantitative estimate of drug-likeness (QED) is 0.835. The van der Waals surface area contributed by atoms with Crippen LogP contribution in [0.5, 0.6) is 5.75 Å². The van der Waals surface area contributed by atoms with Crippen molar-refractivity contribution in [2.45, 2.75) is 33.3 Å². The Labute approximate surface area is 131 Å². The van der Waals surface area contributed by atoms with E-state index in [2.05, 4.69) is 39.0 Å². The molecule has 0 aromatic heterocycles. The molecule has 0 bridgehead atoms. The highest BCUT2D eigenvalue weighted by molar-refractivity contribution is 7.80. The van der Waals surface area contributed by atoms with Crippen LogP contribution in [-0.4, -0.2) is 4.99 Å². The monoisotopic (exact) mass is 299 g/mol. The Balaban J connectivity index is 2.18. The zero-order valence-corrected chi connectivity index (χ0v) is 13.5. The molecule has 2 aromatic carbocycles. The molecule has 0 atom stereocenters. The molecule has 0 aliphatic rings. The average Bonchev–Trinajstić information content (AvgIpc) is 2.45. The maximum absolute atomic E-state index is 6.02. The van der Waals surface area contributed by atoms with Gasteiger partial charge in [-0.2, -0.15) is 0 Å². The third-order valence-electron chi connectivity index (χ3n) is 3.40. The van der Waals surface area contributed by atoms with Gasteiger partial charge in [0.05, 0.1) is 0 Å². The van der Waals surface area contributed by atoms with Gasteiger partial charge < -0.3 is 10.5 Å². The number of aryl methyl sites for hydroxylation is 1. The summed E-state index contributed by atoms with van der Waals surface area (Å²) in [5.74, 6) is 1.38. The summed E-state index contributed by atoms with van der Waals surface area (Å²) in [4.78, 5) is 0.412. The van der Waals surface area contributed by atoms with Crippen molar-refractivity contribution < 1.29 is 4.74 Å². The minimum absolute atomic E-state index is 0.412. The second-order valence-corrected chi connectivity index (χ2v) is 5.99. The van der Waals surface area contributed by atoms with Crippen molar-refractivity contribution in [3.05, 3.63) is 64.7 Å². The average molecular weight is 299 g/mol. The topological polar surface area (TPSA) is 35.2 Å². The molecule has 0 radical (unpaired) electrons. The summed E-state index contributed by atoms with van der Waals surface area (Å²) >= 11 is 5.01. The van der Waals surface area contributed by atoms with E-state index in [9.17, 15) is 0 Å². The van der Waals surface area contributed by atoms with E-state index in [0.29, 0.717) is 17.5 Å². The van der Waals surface area contributed by atoms with Gasteiger partial charge >= 0.3 is 0 Å². The Morgan fingerprint density at radius 2 is 1.95 bits per heavy atom. The molecule has 0 saturated heterocycles. The molecule has 0 unspecified atom stereocenters. The lowest BCUT2D eigenvalue weighted by Crippen LogP contribution is -2.10. The van der Waals surface area contributed by atoms with Crippen molar-refractivity contribution >= 4 is 17.2 Å². The van der Waals surface area contributed by atoms with Gasteiger partial charge in [0.15, 0.2) is 0 Å². The van der Waals surface area contributed by atoms with E-state index in [1.807, 2.05) is 24.3 Å². The van der Waals surface area contributed by atoms with E-state index < -0.39 is 0 Å². The fraction of sp³-hybridized carbons (Fsp3) is 0.278. The van der Waals surface area contributed by atoms with Crippen LogP contribution in [0.1, 0.15) is 42.0 Å². The Morgan fingerprint density at radius 3 is 2.62 bits per heavy atom. The Hall–Kier alpha value is -1.87. The first kappa shape index (κ1) is 15.5. The van der Waals surface area contributed by atoms with Crippen LogP contribution < -0.4 is 10.5 Å². The molecule has 2 N–H and O–H groups in total. The summed E-state index contributed by atoms with van der Waals surface area (Å²) in [5, 5.41) is 0. The lowest BCUT2D eigenvalue weighted by atomic mass is 10.0. The molecule has 0 amide bonds. The fourth-order valence-corrected chi connectivity index (χ4v) is 2.35. The molecule has 110 valence electrons. The van der Waals surface area contributed by atoms with Crippen molar-refractivity contribution in [1.82, 2.24) is 0 Å². The van der Waals surface area contributed by atoms with Crippen LogP contribution in [0.3, 0.4) is 0 Å². The van der Waals surface area contributed by atoms with E-state index in [0.717, 1.165) is 16.9 Å². The van der Waals surface area contributed by atoms with Crippen molar-refractivity contribution in [2.75, 3.05) is 0 Å². The zero-order valence-electron chi connectivity index (χ0n) is 12.7. The minimum atomic E-state index is 0.412. The number of benzene rings is 2. The van der Waals surface area contributed by atoms with Gasteiger partial charge in [-0.25, -0.2) is 0 Å². The number of nitrogens with two attached hydrogens (primary N) is 1. The number of rotatable bonds is 5. The molecular weight excluding hydrogens is 278 g/mol. The van der Waals surface area contributed by atoms with Crippen molar-refractivity contribution in [3.63, 3.8) is 0 Å². The molecule has 21 heavy (non-hydrogen) atoms. The second-order valence-electron chi connectivity index (χ2n) is 5.55. The van der Waals surface area contributed by atoms with Gasteiger partial charge in [0.2, 0.25) is 0 Å². The zero-order chi connectivity index (χ0) is 15.4. The third-order valence-corrected chi connectivity index (χ3v) is 3.63. The van der Waals surface area contributed by atoms with Gasteiger partial charge in [0.1, 0.15) is 17.3 Å². The predicted molar refractivity (Wildman–Crippen MR) is 91.9 cm³/mol. The molecule has 0 fully saturated rings. The lowest BCUT2D eigenvalue weighted by Gasteiger charge is -2.15. The first-order chi connectivity index (χ1) is 9.97. The number of hydrogen-bond acceptors (Lipinski definition) is 2. The Morgan fingerprint density at radius 1 is 1.19 bits per heavy atom. The largest absolute Gasteiger partial charge is 0.489 e. The summed E-state index contributed by atoms with van der Waals surface area (Å²) in [6.45, 7) is 6.93. The van der Waals surface area contributed by atoms with Gasteiger partial charge in [-0.3, -0.25) is 0 Å². The number of thiocarbonyl (C=S) groups is 1. The van der Waals surface area contributed by atoms with Crippen molar-refractivity contribution in [2.24, 2.45) is 5.73 Å². The standard InChI is InChI=1S/C18H21NOS/c1-12(2)16-8-7-13(3)9-17(16)20-11-14-5-4-6-15(10-14)18(19)21/h4-10,12H,11H2,1-3H3,(H2,19,21). The molecule has 2 rings (SSSR count). The summed E-state index contributed by atoms with van der Waals surface area (Å²) in [6.07, 6.45) is 0. The number of hydrogen-bond donors (Lipinski definition) is 1. The highest BCUT2D eigenvalue weighted by Gasteiger charge is 2.08. The van der Waals surface area contributed by atoms with Crippen LogP contribution in [0.25, 0.3) is 0 Å². The Bertz CT molecular complexity index is 649. The molecule has 0 heterocycles. The molecular formula is C18H21NOS. The minimum Gasteiger partial charge on any atom is -0.489 e. The van der Waals surface area contributed by atoms with Gasteiger partial charge in [-0.15, -0.1) is 0 Å². The SMILES string of the molecule is Cc1ccc(C(C)C)c(OCc2cccc(C(N)=S)c2)c1. The van der Waals surface area contributed by atoms with E-state index in [-0.39, 0.29) is 0 Å². The van der Waals surface area contributed by atoms with E-state index in [1.165, 1.54) is 11.1 Å². The maximum atomic E-state index is 6.02. The first-order valence-electron chi connectivity index (χ1n) is 7.09. The van der Waals surface area contributed by atoms with Crippen LogP contribution in [0, 0.1) is 6.92 Å². The fourth-order valence-electron chi connectivity index (χ4n) is 2.22. The van der Waals surface area contributed by atoms with E-state index in [4.69, 9.17) is 22.7 Å². The molecule has 2 nitrogen and oxygen atoms in total. The van der Waals surface area contributed by atoms with Crippen LogP contribution in [0.15, 0.2) is 42.5 Å². The predicted octanol–water partition coefficient (Wildman–Crippen LogP) is 4.33. The third kappa shape index (κ3) is 4.05. The molecule has 2 aromatic rings. The van der Waals surface area contributed by atoms with Gasteiger partial charge in [0.25, 0.3) is 0 Å². The van der Waals surface area contributed by atoms with Gasteiger partial charge in [-0.1, -0.05) is 56.4 Å². The van der Waals surface area contributed by atoms with Crippen LogP contribution >= 0.6 is 12.2 Å². The highest BCUT2D eigenvalue weighted by Crippen LogP contribution is 2.28. The van der Waals surface area contributed by atoms with E-state index >= 15 is 0 Å². The smallest absolute Gasteiger partial charge is 0.123 e. The molecule has 0 saturated carbocycles. The maximum Gasteiger partial charge on any atom is 0.123 e. The summed E-state index contributed by atoms with van der Waals surface area (Å²) in [7, 11) is 0. The summed E-state index contributed by atoms with van der Waals surface area (Å²) in [5.41, 5.74) is 10.0. The summed E-state index contributed by atoms with van der Waals surface area (Å²) in [6, 6.07) is 14.2. The van der Waals surface area contributed by atoms with Gasteiger partial charge in [0, 0.05) is 5.56 Å². The van der Waals surface area contributed by atoms with Crippen LogP contribution in [0.2, 0.25) is 0 Å². The van der Waals surface area contributed by atoms with Crippen LogP contribution in [-0.2, 0) is 6.61 Å². The molecule has 0 aliphatic carbocycles. The number of ether oxygens (including phenoxy) is 1. The van der Waals surface area contributed by atoms with Gasteiger partial charge in [-0.05, 0) is 41.7 Å². The van der Waals surface area contributed by atoms with Crippen molar-refractivity contribution in [3.8, 4) is 5.75 Å². The molecule has 0 spiro atoms. The Kier molecular flexibility index (Phi) is 4.97. The molecule has 0 aliphatic heterocycles. The summed E-state index contributed by atoms with van der Waals surface area (Å²) < 4.78 is 6.02. The molecule has 3 heteroatoms. The van der Waals surface area contributed by atoms with E-state index in [1.54, 1.807) is 0 Å². The van der Waals surface area contributed by atoms with Crippen LogP contribution in [0.4, 0.5) is 0 Å². The normalized spacial score (nSPS) is 10.7.